The van der Waals surface area contributed by atoms with Crippen LogP contribution >= 0.6 is 0 Å². The van der Waals surface area contributed by atoms with Gasteiger partial charge in [0.1, 0.15) is 12.1 Å². The number of halogens is 1. The quantitative estimate of drug-likeness (QED) is 0.880. The molecule has 0 amide bonds. The van der Waals surface area contributed by atoms with Gasteiger partial charge in [0.05, 0.1) is 7.11 Å². The Bertz CT molecular complexity index is 548. The number of likely N-dealkylation sites (N-methyl/N-ethyl adjacent to an activating group) is 1. The number of aromatic nitrogens is 1. The monoisotopic (exact) mass is 248 g/mol. The van der Waals surface area contributed by atoms with Crippen molar-refractivity contribution in [1.82, 2.24) is 9.88 Å². The third kappa shape index (κ3) is 2.64. The van der Waals surface area contributed by atoms with E-state index in [0.29, 0.717) is 6.33 Å². The van der Waals surface area contributed by atoms with E-state index in [4.69, 9.17) is 4.74 Å². The van der Waals surface area contributed by atoms with Crippen LogP contribution < -0.4 is 4.74 Å². The summed E-state index contributed by atoms with van der Waals surface area (Å²) in [5.41, 5.74) is 2.30. The molecule has 1 heterocycles. The summed E-state index contributed by atoms with van der Waals surface area (Å²) < 4.78 is 17.2. The number of nitrogens with zero attached hydrogens (tertiary/aromatic N) is 1. The van der Waals surface area contributed by atoms with Crippen molar-refractivity contribution in [2.45, 2.75) is 6.42 Å². The van der Waals surface area contributed by atoms with E-state index in [1.54, 1.807) is 7.11 Å². The van der Waals surface area contributed by atoms with Crippen molar-refractivity contribution in [3.63, 3.8) is 0 Å². The van der Waals surface area contributed by atoms with E-state index in [1.807, 2.05) is 36.3 Å². The van der Waals surface area contributed by atoms with E-state index in [-0.39, 0.29) is 0 Å². The summed E-state index contributed by atoms with van der Waals surface area (Å²) in [6.45, 7) is 0.768. The minimum atomic E-state index is 0.554. The SMILES string of the molecule is COc1ccc2[nH]cc(CCN(C)/C=C/F)c2c1. The van der Waals surface area contributed by atoms with Crippen LogP contribution in [0.15, 0.2) is 36.9 Å². The van der Waals surface area contributed by atoms with Crippen LogP contribution in [0.25, 0.3) is 10.9 Å². The molecule has 0 radical (unpaired) electrons. The summed E-state index contributed by atoms with van der Waals surface area (Å²) in [5, 5.41) is 1.16. The molecule has 2 aromatic rings. The zero-order valence-corrected chi connectivity index (χ0v) is 10.6. The van der Waals surface area contributed by atoms with Crippen LogP contribution in [0.3, 0.4) is 0 Å². The molecule has 0 aliphatic heterocycles. The largest absolute Gasteiger partial charge is 0.497 e. The van der Waals surface area contributed by atoms with Crippen LogP contribution in [0.2, 0.25) is 0 Å². The summed E-state index contributed by atoms with van der Waals surface area (Å²) in [7, 11) is 3.51. The molecular weight excluding hydrogens is 231 g/mol. The molecule has 96 valence electrons. The highest BCUT2D eigenvalue weighted by Gasteiger charge is 2.05. The molecule has 18 heavy (non-hydrogen) atoms. The van der Waals surface area contributed by atoms with Gasteiger partial charge in [0, 0.05) is 36.9 Å². The molecule has 4 heteroatoms. The molecule has 0 saturated carbocycles. The summed E-state index contributed by atoms with van der Waals surface area (Å²) in [4.78, 5) is 5.05. The standard InChI is InChI=1S/C14H17FN2O/c1-17(8-6-15)7-5-11-10-16-14-4-3-12(18-2)9-13(11)14/h3-4,6,8-10,16H,5,7H2,1-2H3/b8-6+. The molecule has 2 rings (SSSR count). The van der Waals surface area contributed by atoms with E-state index >= 15 is 0 Å². The fourth-order valence-corrected chi connectivity index (χ4v) is 1.96. The number of H-pyrrole nitrogens is 1. The van der Waals surface area contributed by atoms with E-state index in [0.717, 1.165) is 29.6 Å². The number of hydrogen-bond acceptors (Lipinski definition) is 2. The van der Waals surface area contributed by atoms with Gasteiger partial charge in [-0.25, -0.2) is 4.39 Å². The number of aromatic amines is 1. The first-order chi connectivity index (χ1) is 8.74. The molecule has 0 spiro atoms. The van der Waals surface area contributed by atoms with Gasteiger partial charge in [0.15, 0.2) is 0 Å². The predicted molar refractivity (Wildman–Crippen MR) is 71.4 cm³/mol. The number of methoxy groups -OCH3 is 1. The summed E-state index contributed by atoms with van der Waals surface area (Å²) >= 11 is 0. The molecule has 0 saturated heterocycles. The van der Waals surface area contributed by atoms with Crippen LogP contribution in [0.4, 0.5) is 4.39 Å². The molecule has 0 atom stereocenters. The number of benzene rings is 1. The Labute approximate surface area is 106 Å². The molecule has 3 nitrogen and oxygen atoms in total. The van der Waals surface area contributed by atoms with Crippen molar-refractivity contribution in [2.75, 3.05) is 20.7 Å². The lowest BCUT2D eigenvalue weighted by Gasteiger charge is -2.12. The van der Waals surface area contributed by atoms with Gasteiger partial charge in [-0.15, -0.1) is 0 Å². The smallest absolute Gasteiger partial charge is 0.119 e. The highest BCUT2D eigenvalue weighted by molar-refractivity contribution is 5.84. The maximum Gasteiger partial charge on any atom is 0.119 e. The first kappa shape index (κ1) is 12.5. The van der Waals surface area contributed by atoms with Crippen LogP contribution in [0.1, 0.15) is 5.56 Å². The maximum absolute atomic E-state index is 12.0. The minimum Gasteiger partial charge on any atom is -0.497 e. The Morgan fingerprint density at radius 3 is 3.00 bits per heavy atom. The van der Waals surface area contributed by atoms with Gasteiger partial charge in [0.2, 0.25) is 0 Å². The van der Waals surface area contributed by atoms with Crippen LogP contribution in [-0.2, 0) is 6.42 Å². The van der Waals surface area contributed by atoms with Crippen LogP contribution in [-0.4, -0.2) is 30.6 Å². The minimum absolute atomic E-state index is 0.554. The van der Waals surface area contributed by atoms with Crippen molar-refractivity contribution in [3.8, 4) is 5.75 Å². The molecule has 0 aliphatic rings. The number of hydrogen-bond donors (Lipinski definition) is 1. The van der Waals surface area contributed by atoms with E-state index < -0.39 is 0 Å². The summed E-state index contributed by atoms with van der Waals surface area (Å²) in [6.07, 6.45) is 4.83. The normalized spacial score (nSPS) is 11.3. The third-order valence-electron chi connectivity index (χ3n) is 3.02. The Hall–Kier alpha value is -1.97. The molecular formula is C14H17FN2O. The maximum atomic E-state index is 12.0. The second-order valence-corrected chi connectivity index (χ2v) is 4.23. The lowest BCUT2D eigenvalue weighted by atomic mass is 10.1. The van der Waals surface area contributed by atoms with Crippen molar-refractivity contribution < 1.29 is 9.13 Å². The molecule has 0 fully saturated rings. The first-order valence-corrected chi connectivity index (χ1v) is 5.85. The average Bonchev–Trinajstić information content (AvgIpc) is 2.79. The van der Waals surface area contributed by atoms with Gasteiger partial charge >= 0.3 is 0 Å². The molecule has 1 aromatic carbocycles. The molecule has 0 bridgehead atoms. The Morgan fingerprint density at radius 1 is 1.44 bits per heavy atom. The Balaban J connectivity index is 2.17. The van der Waals surface area contributed by atoms with Crippen molar-refractivity contribution in [2.24, 2.45) is 0 Å². The molecule has 1 N–H and O–H groups in total. The van der Waals surface area contributed by atoms with Gasteiger partial charge in [0.25, 0.3) is 0 Å². The fourth-order valence-electron chi connectivity index (χ4n) is 1.96. The van der Waals surface area contributed by atoms with Gasteiger partial charge in [-0.1, -0.05) is 0 Å². The van der Waals surface area contributed by atoms with Crippen LogP contribution in [0.5, 0.6) is 5.75 Å². The highest BCUT2D eigenvalue weighted by Crippen LogP contribution is 2.23. The van der Waals surface area contributed by atoms with E-state index in [1.165, 1.54) is 11.8 Å². The van der Waals surface area contributed by atoms with Crippen molar-refractivity contribution in [1.29, 1.82) is 0 Å². The highest BCUT2D eigenvalue weighted by atomic mass is 19.1. The summed E-state index contributed by atoms with van der Waals surface area (Å²) in [5.74, 6) is 0.848. The van der Waals surface area contributed by atoms with Crippen LogP contribution in [0, 0.1) is 0 Å². The van der Waals surface area contributed by atoms with Gasteiger partial charge < -0.3 is 14.6 Å². The molecule has 1 aromatic heterocycles. The lowest BCUT2D eigenvalue weighted by molar-refractivity contribution is 0.415. The van der Waals surface area contributed by atoms with Crippen molar-refractivity contribution in [3.05, 3.63) is 42.5 Å². The fraction of sp³-hybridized carbons (Fsp3) is 0.286. The third-order valence-corrected chi connectivity index (χ3v) is 3.02. The number of nitrogens with one attached hydrogen (secondary N) is 1. The topological polar surface area (TPSA) is 28.3 Å². The zero-order chi connectivity index (χ0) is 13.0. The van der Waals surface area contributed by atoms with Gasteiger partial charge in [-0.05, 0) is 30.2 Å². The molecule has 0 aliphatic carbocycles. The van der Waals surface area contributed by atoms with E-state index in [2.05, 4.69) is 4.98 Å². The lowest BCUT2D eigenvalue weighted by Crippen LogP contribution is -2.13. The average molecular weight is 248 g/mol. The first-order valence-electron chi connectivity index (χ1n) is 5.85. The number of ether oxygens (including phenoxy) is 1. The zero-order valence-electron chi connectivity index (χ0n) is 10.6. The van der Waals surface area contributed by atoms with Gasteiger partial charge in [-0.2, -0.15) is 0 Å². The number of rotatable bonds is 5. The Morgan fingerprint density at radius 2 is 2.28 bits per heavy atom. The molecule has 0 unspecified atom stereocenters. The number of fused-ring (bicyclic) bond motifs is 1. The summed E-state index contributed by atoms with van der Waals surface area (Å²) in [6, 6.07) is 5.95. The van der Waals surface area contributed by atoms with E-state index in [9.17, 15) is 4.39 Å². The van der Waals surface area contributed by atoms with Gasteiger partial charge in [-0.3, -0.25) is 0 Å². The Kier molecular flexibility index (Phi) is 3.87. The second kappa shape index (κ2) is 5.58. The van der Waals surface area contributed by atoms with Crippen molar-refractivity contribution >= 4 is 10.9 Å². The second-order valence-electron chi connectivity index (χ2n) is 4.23. The predicted octanol–water partition coefficient (Wildman–Crippen LogP) is 3.09.